The first-order valence-corrected chi connectivity index (χ1v) is 12.4. The van der Waals surface area contributed by atoms with Crippen molar-refractivity contribution < 1.29 is 23.4 Å². The van der Waals surface area contributed by atoms with Crippen molar-refractivity contribution in [1.82, 2.24) is 24.9 Å². The van der Waals surface area contributed by atoms with E-state index in [0.29, 0.717) is 48.9 Å². The van der Waals surface area contributed by atoms with Gasteiger partial charge >= 0.3 is 0 Å². The van der Waals surface area contributed by atoms with Crippen LogP contribution in [0.25, 0.3) is 11.3 Å². The number of aliphatic hydroxyl groups excluding tert-OH is 1. The zero-order valence-corrected chi connectivity index (χ0v) is 22.0. The predicted octanol–water partition coefficient (Wildman–Crippen LogP) is 2.46. The van der Waals surface area contributed by atoms with Gasteiger partial charge in [-0.2, -0.15) is 5.10 Å². The van der Waals surface area contributed by atoms with Gasteiger partial charge in [-0.1, -0.05) is 18.2 Å². The van der Waals surface area contributed by atoms with E-state index in [1.807, 2.05) is 12.1 Å². The Bertz CT molecular complexity index is 1250. The maximum atomic E-state index is 14.0. The molecule has 1 aliphatic heterocycles. The van der Waals surface area contributed by atoms with Crippen LogP contribution in [0.15, 0.2) is 48.5 Å². The van der Waals surface area contributed by atoms with Crippen molar-refractivity contribution in [3.8, 4) is 11.3 Å². The van der Waals surface area contributed by atoms with Gasteiger partial charge in [0.25, 0.3) is 5.91 Å². The van der Waals surface area contributed by atoms with Gasteiger partial charge in [0, 0.05) is 77.0 Å². The van der Waals surface area contributed by atoms with Crippen molar-refractivity contribution in [2.75, 3.05) is 52.8 Å². The number of aryl methyl sites for hydroxylation is 1. The number of carbonyl (C=O) groups excluding carboxylic acids is 1. The van der Waals surface area contributed by atoms with Crippen LogP contribution in [0.4, 0.5) is 14.6 Å². The summed E-state index contributed by atoms with van der Waals surface area (Å²) < 4.78 is 34.3. The summed E-state index contributed by atoms with van der Waals surface area (Å²) in [6, 6.07) is 12.7. The van der Waals surface area contributed by atoms with Gasteiger partial charge < -0.3 is 20.1 Å². The Kier molecular flexibility index (Phi) is 8.72. The molecule has 1 unspecified atom stereocenters. The molecular formula is C27H34F2N6O3. The third-order valence-corrected chi connectivity index (χ3v) is 6.75. The van der Waals surface area contributed by atoms with Crippen LogP contribution in [0.3, 0.4) is 0 Å². The molecule has 1 fully saturated rings. The highest BCUT2D eigenvalue weighted by molar-refractivity contribution is 5.94. The average Bonchev–Trinajstić information content (AvgIpc) is 3.46. The van der Waals surface area contributed by atoms with Crippen molar-refractivity contribution in [3.05, 3.63) is 71.3 Å². The number of aliphatic hydroxyl groups is 1. The second-order valence-electron chi connectivity index (χ2n) is 9.67. The van der Waals surface area contributed by atoms with Gasteiger partial charge in [0.1, 0.15) is 5.82 Å². The third kappa shape index (κ3) is 6.36. The van der Waals surface area contributed by atoms with Crippen LogP contribution in [-0.4, -0.2) is 90.4 Å². The number of aromatic nitrogens is 2. The third-order valence-electron chi connectivity index (χ3n) is 6.75. The van der Waals surface area contributed by atoms with Gasteiger partial charge in [0.2, 0.25) is 0 Å². The average molecular weight is 529 g/mol. The zero-order chi connectivity index (χ0) is 27.4. The summed E-state index contributed by atoms with van der Waals surface area (Å²) in [5.74, 6) is -1.45. The molecule has 11 heteroatoms. The van der Waals surface area contributed by atoms with Crippen LogP contribution in [0.2, 0.25) is 0 Å². The molecule has 9 nitrogen and oxygen atoms in total. The van der Waals surface area contributed by atoms with Crippen molar-refractivity contribution in [2.45, 2.75) is 18.3 Å². The molecule has 2 aromatic carbocycles. The molecule has 0 bridgehead atoms. The molecule has 4 rings (SSSR count). The quantitative estimate of drug-likeness (QED) is 0.348. The van der Waals surface area contributed by atoms with E-state index in [0.717, 1.165) is 11.6 Å². The van der Waals surface area contributed by atoms with E-state index in [4.69, 9.17) is 4.74 Å². The number of nitrogens with zero attached hydrogens (tertiary/aromatic N) is 4. The summed E-state index contributed by atoms with van der Waals surface area (Å²) >= 11 is 0. The molecule has 38 heavy (non-hydrogen) atoms. The topological polar surface area (TPSA) is 94.9 Å². The Hall–Kier alpha value is -3.38. The van der Waals surface area contributed by atoms with E-state index in [9.17, 15) is 18.7 Å². The van der Waals surface area contributed by atoms with E-state index in [2.05, 4.69) is 20.6 Å². The van der Waals surface area contributed by atoms with Crippen molar-refractivity contribution >= 4 is 11.7 Å². The van der Waals surface area contributed by atoms with Crippen LogP contribution in [-0.2, 0) is 11.8 Å². The smallest absolute Gasteiger partial charge is 0.253 e. The highest BCUT2D eigenvalue weighted by Crippen LogP contribution is 2.29. The Morgan fingerprint density at radius 1 is 1.16 bits per heavy atom. The number of amides is 1. The molecule has 3 N–H and O–H groups in total. The number of likely N-dealkylation sites (tertiary alicyclic amines) is 1. The number of hydrogen-bond acceptors (Lipinski definition) is 7. The van der Waals surface area contributed by atoms with E-state index in [1.165, 1.54) is 11.0 Å². The van der Waals surface area contributed by atoms with E-state index >= 15 is 0 Å². The number of ether oxygens (including phenoxy) is 1. The van der Waals surface area contributed by atoms with E-state index in [1.54, 1.807) is 57.2 Å². The molecule has 0 radical (unpaired) electrons. The maximum Gasteiger partial charge on any atom is 0.253 e. The minimum absolute atomic E-state index is 0.0801. The standard InChI is InChI=1S/C27H34F2N6O3/c1-33(2)26(36)18-7-5-17(6-8-18)23-14-25(34(3)32-23)31-27(37)30-24-16-35(11-12-38-4)15-20(24)19-9-10-21(28)22(29)13-19/h5-10,13-14,20,24,27,30-31,37H,11-12,15-16H2,1-4H3/t20-,24+,27?/m0/s1. The SMILES string of the molecule is COCCN1C[C@@H](NC(O)Nc2cc(-c3ccc(C(=O)N(C)C)cc3)nn2C)[C@H](c2ccc(F)c(F)c2)C1. The molecule has 3 aromatic rings. The fraction of sp³-hybridized carbons (Fsp3) is 0.407. The van der Waals surface area contributed by atoms with Gasteiger partial charge in [-0.3, -0.25) is 19.7 Å². The molecule has 2 heterocycles. The maximum absolute atomic E-state index is 14.0. The summed E-state index contributed by atoms with van der Waals surface area (Å²) in [4.78, 5) is 15.8. The van der Waals surface area contributed by atoms with Crippen LogP contribution in [0.1, 0.15) is 21.8 Å². The van der Waals surface area contributed by atoms with Crippen LogP contribution in [0, 0.1) is 11.6 Å². The van der Waals surface area contributed by atoms with Crippen LogP contribution < -0.4 is 10.6 Å². The fourth-order valence-corrected chi connectivity index (χ4v) is 4.71. The highest BCUT2D eigenvalue weighted by Gasteiger charge is 2.35. The molecule has 204 valence electrons. The Labute approximate surface area is 221 Å². The Balaban J connectivity index is 1.45. The molecule has 0 saturated carbocycles. The largest absolute Gasteiger partial charge is 0.383 e. The van der Waals surface area contributed by atoms with Crippen molar-refractivity contribution in [1.29, 1.82) is 0 Å². The van der Waals surface area contributed by atoms with Crippen LogP contribution in [0.5, 0.6) is 0 Å². The zero-order valence-electron chi connectivity index (χ0n) is 22.0. The molecule has 1 aliphatic rings. The first-order chi connectivity index (χ1) is 18.2. The van der Waals surface area contributed by atoms with Crippen molar-refractivity contribution in [2.24, 2.45) is 7.05 Å². The number of hydrogen-bond donors (Lipinski definition) is 3. The molecule has 1 amide bonds. The minimum Gasteiger partial charge on any atom is -0.383 e. The normalized spacial score (nSPS) is 18.5. The van der Waals surface area contributed by atoms with Crippen LogP contribution >= 0.6 is 0 Å². The molecule has 0 aliphatic carbocycles. The van der Waals surface area contributed by atoms with E-state index in [-0.39, 0.29) is 17.9 Å². The minimum atomic E-state index is -1.13. The predicted molar refractivity (Wildman–Crippen MR) is 141 cm³/mol. The lowest BCUT2D eigenvalue weighted by atomic mass is 9.94. The first kappa shape index (κ1) is 27.6. The lowest BCUT2D eigenvalue weighted by molar-refractivity contribution is 0.0827. The molecule has 3 atom stereocenters. The molecule has 1 aromatic heterocycles. The number of anilines is 1. The number of nitrogens with one attached hydrogen (secondary N) is 2. The first-order valence-electron chi connectivity index (χ1n) is 12.4. The van der Waals surface area contributed by atoms with Gasteiger partial charge in [0.05, 0.1) is 12.3 Å². The van der Waals surface area contributed by atoms with Crippen molar-refractivity contribution in [3.63, 3.8) is 0 Å². The summed E-state index contributed by atoms with van der Waals surface area (Å²) in [5, 5.41) is 21.6. The monoisotopic (exact) mass is 528 g/mol. The summed E-state index contributed by atoms with van der Waals surface area (Å²) in [7, 11) is 6.80. The highest BCUT2D eigenvalue weighted by atomic mass is 19.2. The molecule has 0 spiro atoms. The van der Waals surface area contributed by atoms with Gasteiger partial charge in [-0.15, -0.1) is 0 Å². The Morgan fingerprint density at radius 2 is 1.89 bits per heavy atom. The van der Waals surface area contributed by atoms with E-state index < -0.39 is 18.0 Å². The lowest BCUT2D eigenvalue weighted by Gasteiger charge is -2.25. The number of methoxy groups -OCH3 is 1. The summed E-state index contributed by atoms with van der Waals surface area (Å²) in [5.41, 5.74) is 2.75. The number of rotatable bonds is 10. The Morgan fingerprint density at radius 3 is 2.55 bits per heavy atom. The second kappa shape index (κ2) is 12.0. The molecular weight excluding hydrogens is 494 g/mol. The summed E-state index contributed by atoms with van der Waals surface area (Å²) in [6.07, 6.45) is -1.13. The van der Waals surface area contributed by atoms with Gasteiger partial charge in [0.15, 0.2) is 18.0 Å². The number of halogens is 2. The number of benzene rings is 2. The summed E-state index contributed by atoms with van der Waals surface area (Å²) in [6.45, 7) is 2.43. The molecule has 1 saturated heterocycles. The van der Waals surface area contributed by atoms with Gasteiger partial charge in [-0.25, -0.2) is 8.78 Å². The second-order valence-corrected chi connectivity index (χ2v) is 9.67. The van der Waals surface area contributed by atoms with Gasteiger partial charge in [-0.05, 0) is 29.8 Å². The lowest BCUT2D eigenvalue weighted by Crippen LogP contribution is -2.46. The number of carbonyl (C=O) groups is 1. The fourth-order valence-electron chi connectivity index (χ4n) is 4.71.